The highest BCUT2D eigenvalue weighted by Gasteiger charge is 2.19. The van der Waals surface area contributed by atoms with Crippen LogP contribution in [0.5, 0.6) is 17.4 Å². The summed E-state index contributed by atoms with van der Waals surface area (Å²) in [5, 5.41) is -0.170. The van der Waals surface area contributed by atoms with E-state index in [9.17, 15) is 23.6 Å². The van der Waals surface area contributed by atoms with E-state index in [1.54, 1.807) is 13.8 Å². The molecule has 0 bridgehead atoms. The van der Waals surface area contributed by atoms with Gasteiger partial charge in [0.15, 0.2) is 19.0 Å². The van der Waals surface area contributed by atoms with E-state index in [1.807, 2.05) is 0 Å². The van der Waals surface area contributed by atoms with Crippen molar-refractivity contribution in [2.45, 2.75) is 13.8 Å². The number of benzene rings is 1. The van der Waals surface area contributed by atoms with Gasteiger partial charge in [-0.3, -0.25) is 4.79 Å². The van der Waals surface area contributed by atoms with Gasteiger partial charge in [-0.2, -0.15) is 0 Å². The normalized spacial score (nSPS) is 10.6. The van der Waals surface area contributed by atoms with Crippen LogP contribution in [0.25, 0.3) is 5.69 Å². The van der Waals surface area contributed by atoms with Gasteiger partial charge in [-0.1, -0.05) is 11.6 Å². The van der Waals surface area contributed by atoms with Crippen molar-refractivity contribution in [1.82, 2.24) is 14.1 Å². The smallest absolute Gasteiger partial charge is 0.344 e. The van der Waals surface area contributed by atoms with E-state index in [4.69, 9.17) is 25.8 Å². The second kappa shape index (κ2) is 11.5. The summed E-state index contributed by atoms with van der Waals surface area (Å²) in [6.45, 7) is 2.14. The summed E-state index contributed by atoms with van der Waals surface area (Å²) < 4.78 is 37.0. The lowest BCUT2D eigenvalue weighted by Gasteiger charge is -2.15. The summed E-state index contributed by atoms with van der Waals surface area (Å²) in [6.07, 6.45) is 1.36. The fourth-order valence-corrected chi connectivity index (χ4v) is 3.11. The molecule has 190 valence electrons. The lowest BCUT2D eigenvalue weighted by Crippen LogP contribution is -2.38. The first-order chi connectivity index (χ1) is 17.1. The Labute approximate surface area is 208 Å². The zero-order valence-electron chi connectivity index (χ0n) is 19.4. The number of ether oxygens (including phenoxy) is 4. The standard InChI is InChI=1S/C23H21ClFN3O8/c1-4-33-20(30)11-34-21(31)12-35-22-17(6-5-7-26-22)36-18-10-16(15(25)9-14(18)24)28-19(29)8-13(2)27(3)23(28)32/h5-10H,4,11-12H2,1-3H3. The first kappa shape index (κ1) is 26.4. The number of carbonyl (C=O) groups is 2. The molecular formula is C23H21ClFN3O8. The number of hydrogen-bond donors (Lipinski definition) is 0. The summed E-state index contributed by atoms with van der Waals surface area (Å²) in [5.41, 5.74) is -1.49. The van der Waals surface area contributed by atoms with E-state index in [0.29, 0.717) is 10.3 Å². The van der Waals surface area contributed by atoms with Gasteiger partial charge in [0.25, 0.3) is 11.4 Å². The first-order valence-electron chi connectivity index (χ1n) is 10.5. The molecular weight excluding hydrogens is 501 g/mol. The number of aryl methyl sites for hydroxylation is 1. The van der Waals surface area contributed by atoms with Crippen LogP contribution in [0.15, 0.2) is 46.1 Å². The predicted octanol–water partition coefficient (Wildman–Crippen LogP) is 2.31. The Morgan fingerprint density at radius 3 is 2.53 bits per heavy atom. The van der Waals surface area contributed by atoms with Crippen molar-refractivity contribution in [3.63, 3.8) is 0 Å². The maximum atomic E-state index is 14.7. The summed E-state index contributed by atoms with van der Waals surface area (Å²) in [7, 11) is 1.44. The Kier molecular flexibility index (Phi) is 8.43. The molecule has 0 fully saturated rings. The number of halogens is 2. The molecule has 0 saturated heterocycles. The maximum Gasteiger partial charge on any atom is 0.344 e. The van der Waals surface area contributed by atoms with Crippen LogP contribution in [-0.4, -0.2) is 45.9 Å². The van der Waals surface area contributed by atoms with E-state index < -0.39 is 42.2 Å². The highest BCUT2D eigenvalue weighted by molar-refractivity contribution is 6.32. The molecule has 0 amide bonds. The van der Waals surface area contributed by atoms with Gasteiger partial charge in [0.1, 0.15) is 11.6 Å². The number of hydrogen-bond acceptors (Lipinski definition) is 9. The summed E-state index contributed by atoms with van der Waals surface area (Å²) in [4.78, 5) is 52.2. The molecule has 0 radical (unpaired) electrons. The lowest BCUT2D eigenvalue weighted by atomic mass is 10.2. The largest absolute Gasteiger partial charge is 0.463 e. The van der Waals surface area contributed by atoms with Crippen LogP contribution in [0.4, 0.5) is 4.39 Å². The molecule has 0 aliphatic rings. The molecule has 3 rings (SSSR count). The van der Waals surface area contributed by atoms with Crippen LogP contribution in [0.1, 0.15) is 12.6 Å². The maximum absolute atomic E-state index is 14.7. The molecule has 0 atom stereocenters. The number of nitrogens with zero attached hydrogens (tertiary/aromatic N) is 3. The molecule has 36 heavy (non-hydrogen) atoms. The Morgan fingerprint density at radius 1 is 1.08 bits per heavy atom. The number of pyridine rings is 1. The minimum Gasteiger partial charge on any atom is -0.463 e. The van der Waals surface area contributed by atoms with E-state index in [0.717, 1.165) is 12.1 Å². The van der Waals surface area contributed by atoms with Gasteiger partial charge in [-0.15, -0.1) is 0 Å². The van der Waals surface area contributed by atoms with Crippen molar-refractivity contribution >= 4 is 23.5 Å². The fourth-order valence-electron chi connectivity index (χ4n) is 2.92. The van der Waals surface area contributed by atoms with Crippen LogP contribution in [0.3, 0.4) is 0 Å². The Morgan fingerprint density at radius 2 is 1.81 bits per heavy atom. The highest BCUT2D eigenvalue weighted by atomic mass is 35.5. The van der Waals surface area contributed by atoms with E-state index in [-0.39, 0.29) is 34.7 Å². The molecule has 11 nitrogen and oxygen atoms in total. The number of rotatable bonds is 9. The van der Waals surface area contributed by atoms with Gasteiger partial charge in [0, 0.05) is 31.1 Å². The van der Waals surface area contributed by atoms with Crippen LogP contribution < -0.4 is 20.7 Å². The summed E-state index contributed by atoms with van der Waals surface area (Å²) in [5.74, 6) is -2.78. The SMILES string of the molecule is CCOC(=O)COC(=O)COc1ncccc1Oc1cc(-n2c(=O)cc(C)n(C)c2=O)c(F)cc1Cl. The molecule has 0 aliphatic carbocycles. The van der Waals surface area contributed by atoms with Gasteiger partial charge < -0.3 is 23.5 Å². The van der Waals surface area contributed by atoms with E-state index in [2.05, 4.69) is 9.72 Å². The van der Waals surface area contributed by atoms with Gasteiger partial charge in [0.05, 0.1) is 17.3 Å². The Balaban J connectivity index is 1.86. The van der Waals surface area contributed by atoms with E-state index >= 15 is 0 Å². The van der Waals surface area contributed by atoms with Crippen LogP contribution >= 0.6 is 11.6 Å². The van der Waals surface area contributed by atoms with Crippen molar-refractivity contribution in [3.8, 4) is 23.1 Å². The predicted molar refractivity (Wildman–Crippen MR) is 124 cm³/mol. The third kappa shape index (κ3) is 6.08. The zero-order valence-corrected chi connectivity index (χ0v) is 20.2. The van der Waals surface area contributed by atoms with Crippen molar-refractivity contribution in [2.75, 3.05) is 19.8 Å². The van der Waals surface area contributed by atoms with Crippen molar-refractivity contribution in [2.24, 2.45) is 7.05 Å². The molecule has 0 aliphatic heterocycles. The Hall–Kier alpha value is -4.19. The molecule has 0 N–H and O–H groups in total. The number of carbonyl (C=O) groups excluding carboxylic acids is 2. The van der Waals surface area contributed by atoms with Gasteiger partial charge in [0.2, 0.25) is 0 Å². The third-order valence-corrected chi connectivity index (χ3v) is 5.04. The molecule has 0 saturated carbocycles. The minimum atomic E-state index is -0.928. The topological polar surface area (TPSA) is 128 Å². The summed E-state index contributed by atoms with van der Waals surface area (Å²) >= 11 is 6.14. The first-order valence-corrected chi connectivity index (χ1v) is 10.9. The molecule has 2 heterocycles. The lowest BCUT2D eigenvalue weighted by molar-refractivity contribution is -0.159. The fraction of sp³-hybridized carbons (Fsp3) is 0.261. The van der Waals surface area contributed by atoms with Gasteiger partial charge >= 0.3 is 17.6 Å². The average Bonchev–Trinajstić information content (AvgIpc) is 2.83. The molecule has 13 heteroatoms. The summed E-state index contributed by atoms with van der Waals surface area (Å²) in [6, 6.07) is 6.09. The zero-order chi connectivity index (χ0) is 26.4. The molecule has 1 aromatic carbocycles. The van der Waals surface area contributed by atoms with Crippen molar-refractivity contribution in [1.29, 1.82) is 0 Å². The number of esters is 2. The van der Waals surface area contributed by atoms with Crippen molar-refractivity contribution in [3.05, 3.63) is 73.9 Å². The monoisotopic (exact) mass is 521 g/mol. The van der Waals surface area contributed by atoms with Gasteiger partial charge in [-0.25, -0.2) is 28.3 Å². The minimum absolute atomic E-state index is 0.0145. The van der Waals surface area contributed by atoms with Gasteiger partial charge in [-0.05, 0) is 32.0 Å². The second-order valence-electron chi connectivity index (χ2n) is 7.20. The average molecular weight is 522 g/mol. The van der Waals surface area contributed by atoms with Crippen LogP contribution in [0, 0.1) is 12.7 Å². The second-order valence-corrected chi connectivity index (χ2v) is 7.61. The van der Waals surface area contributed by atoms with Crippen LogP contribution in [0.2, 0.25) is 5.02 Å². The molecule has 0 unspecified atom stereocenters. The number of aromatic nitrogens is 3. The molecule has 3 aromatic rings. The molecule has 2 aromatic heterocycles. The molecule has 0 spiro atoms. The van der Waals surface area contributed by atoms with E-state index in [1.165, 1.54) is 36.0 Å². The quantitative estimate of drug-likeness (QED) is 0.389. The highest BCUT2D eigenvalue weighted by Crippen LogP contribution is 2.35. The van der Waals surface area contributed by atoms with Crippen molar-refractivity contribution < 1.29 is 32.9 Å². The van der Waals surface area contributed by atoms with Crippen LogP contribution in [-0.2, 0) is 26.1 Å². The third-order valence-electron chi connectivity index (χ3n) is 4.74. The Bertz CT molecular complexity index is 1420.